The van der Waals surface area contributed by atoms with E-state index in [0.29, 0.717) is 0 Å². The fourth-order valence-corrected chi connectivity index (χ4v) is 2.87. The summed E-state index contributed by atoms with van der Waals surface area (Å²) >= 11 is 0. The highest BCUT2D eigenvalue weighted by atomic mass is 16.3. The van der Waals surface area contributed by atoms with Crippen molar-refractivity contribution in [1.82, 2.24) is 10.2 Å². The largest absolute Gasteiger partial charge is 0.468 e. The molecule has 0 amide bonds. The molecule has 102 valence electrons. The minimum absolute atomic E-state index is 0.891. The minimum atomic E-state index is 0.891. The monoisotopic (exact) mass is 250 g/mol. The van der Waals surface area contributed by atoms with Crippen molar-refractivity contribution in [3.63, 3.8) is 0 Å². The molecular formula is C15H26N2O. The van der Waals surface area contributed by atoms with Gasteiger partial charge in [0, 0.05) is 12.1 Å². The van der Waals surface area contributed by atoms with Gasteiger partial charge in [0.1, 0.15) is 5.76 Å². The van der Waals surface area contributed by atoms with Gasteiger partial charge in [-0.3, -0.25) is 4.90 Å². The number of hydrogen-bond donors (Lipinski definition) is 1. The van der Waals surface area contributed by atoms with Crippen molar-refractivity contribution in [3.8, 4) is 0 Å². The average Bonchev–Trinajstić information content (AvgIpc) is 2.80. The van der Waals surface area contributed by atoms with Crippen molar-refractivity contribution in [1.29, 1.82) is 0 Å². The Bertz CT molecular complexity index is 340. The first kappa shape index (κ1) is 13.6. The minimum Gasteiger partial charge on any atom is -0.468 e. The van der Waals surface area contributed by atoms with Crippen molar-refractivity contribution < 1.29 is 4.42 Å². The third kappa shape index (κ3) is 3.85. The topological polar surface area (TPSA) is 28.4 Å². The number of likely N-dealkylation sites (tertiary alicyclic amines) is 1. The van der Waals surface area contributed by atoms with Crippen LogP contribution in [-0.4, -0.2) is 25.0 Å². The Hall–Kier alpha value is -0.800. The Balaban J connectivity index is 1.76. The van der Waals surface area contributed by atoms with E-state index < -0.39 is 0 Å². The molecule has 18 heavy (non-hydrogen) atoms. The first-order valence-corrected chi connectivity index (χ1v) is 7.25. The highest BCUT2D eigenvalue weighted by molar-refractivity contribution is 5.12. The van der Waals surface area contributed by atoms with Crippen molar-refractivity contribution in [2.45, 2.75) is 45.7 Å². The van der Waals surface area contributed by atoms with Crippen LogP contribution in [0.3, 0.4) is 0 Å². The SMILES string of the molecule is CCCC1CCN(Cc2cc(CNC)co2)CC1. The summed E-state index contributed by atoms with van der Waals surface area (Å²) in [5.74, 6) is 2.07. The summed E-state index contributed by atoms with van der Waals surface area (Å²) in [6.45, 7) is 6.61. The lowest BCUT2D eigenvalue weighted by molar-refractivity contribution is 0.161. The van der Waals surface area contributed by atoms with E-state index in [9.17, 15) is 0 Å². The van der Waals surface area contributed by atoms with Gasteiger partial charge in [0.25, 0.3) is 0 Å². The van der Waals surface area contributed by atoms with Crippen LogP contribution in [0.2, 0.25) is 0 Å². The predicted molar refractivity (Wildman–Crippen MR) is 74.4 cm³/mol. The van der Waals surface area contributed by atoms with Crippen LogP contribution in [0.15, 0.2) is 16.7 Å². The maximum Gasteiger partial charge on any atom is 0.118 e. The van der Waals surface area contributed by atoms with Gasteiger partial charge in [0.05, 0.1) is 12.8 Å². The Labute approximate surface area is 111 Å². The fraction of sp³-hybridized carbons (Fsp3) is 0.733. The second-order valence-electron chi connectivity index (χ2n) is 5.46. The van der Waals surface area contributed by atoms with E-state index in [0.717, 1.165) is 24.8 Å². The van der Waals surface area contributed by atoms with Crippen LogP contribution in [0.1, 0.15) is 43.9 Å². The molecule has 2 rings (SSSR count). The lowest BCUT2D eigenvalue weighted by Crippen LogP contribution is -2.33. The number of piperidine rings is 1. The number of nitrogens with zero attached hydrogens (tertiary/aromatic N) is 1. The summed E-state index contributed by atoms with van der Waals surface area (Å²) < 4.78 is 5.61. The Kier molecular flexibility index (Phi) is 5.26. The summed E-state index contributed by atoms with van der Waals surface area (Å²) in [5, 5.41) is 3.15. The Morgan fingerprint density at radius 1 is 1.39 bits per heavy atom. The smallest absolute Gasteiger partial charge is 0.118 e. The van der Waals surface area contributed by atoms with Gasteiger partial charge >= 0.3 is 0 Å². The number of furan rings is 1. The second-order valence-corrected chi connectivity index (χ2v) is 5.46. The summed E-state index contributed by atoms with van der Waals surface area (Å²) in [5.41, 5.74) is 1.24. The molecule has 0 saturated carbocycles. The van der Waals surface area contributed by atoms with Gasteiger partial charge < -0.3 is 9.73 Å². The van der Waals surface area contributed by atoms with Crippen LogP contribution in [0, 0.1) is 5.92 Å². The highest BCUT2D eigenvalue weighted by Gasteiger charge is 2.19. The zero-order valence-electron chi connectivity index (χ0n) is 11.7. The molecule has 1 fully saturated rings. The summed E-state index contributed by atoms with van der Waals surface area (Å²) in [4.78, 5) is 2.52. The first-order valence-electron chi connectivity index (χ1n) is 7.25. The van der Waals surface area contributed by atoms with Crippen LogP contribution >= 0.6 is 0 Å². The molecule has 1 aromatic heterocycles. The van der Waals surface area contributed by atoms with Crippen molar-refractivity contribution in [2.75, 3.05) is 20.1 Å². The molecule has 3 nitrogen and oxygen atoms in total. The fourth-order valence-electron chi connectivity index (χ4n) is 2.87. The molecule has 0 spiro atoms. The normalized spacial score (nSPS) is 18.3. The lowest BCUT2D eigenvalue weighted by atomic mass is 9.92. The molecule has 2 heterocycles. The van der Waals surface area contributed by atoms with Crippen molar-refractivity contribution in [2.24, 2.45) is 5.92 Å². The Morgan fingerprint density at radius 2 is 2.17 bits per heavy atom. The van der Waals surface area contributed by atoms with E-state index in [2.05, 4.69) is 23.2 Å². The number of nitrogens with one attached hydrogen (secondary N) is 1. The molecule has 0 atom stereocenters. The molecule has 0 radical (unpaired) electrons. The highest BCUT2D eigenvalue weighted by Crippen LogP contribution is 2.23. The van der Waals surface area contributed by atoms with E-state index in [1.165, 1.54) is 44.3 Å². The number of rotatable bonds is 6. The predicted octanol–water partition coefficient (Wildman–Crippen LogP) is 3.01. The van der Waals surface area contributed by atoms with Gasteiger partial charge in [-0.05, 0) is 45.0 Å². The standard InChI is InChI=1S/C15H26N2O/c1-3-4-13-5-7-17(8-6-13)11-15-9-14(10-16-2)12-18-15/h9,12-13,16H,3-8,10-11H2,1-2H3. The molecule has 0 aliphatic carbocycles. The number of hydrogen-bond acceptors (Lipinski definition) is 3. The molecule has 1 aromatic rings. The zero-order valence-corrected chi connectivity index (χ0v) is 11.7. The molecular weight excluding hydrogens is 224 g/mol. The van der Waals surface area contributed by atoms with Gasteiger partial charge in [0.2, 0.25) is 0 Å². The van der Waals surface area contributed by atoms with E-state index in [1.807, 2.05) is 13.3 Å². The van der Waals surface area contributed by atoms with Gasteiger partial charge in [0.15, 0.2) is 0 Å². The van der Waals surface area contributed by atoms with Gasteiger partial charge in [-0.25, -0.2) is 0 Å². The lowest BCUT2D eigenvalue weighted by Gasteiger charge is -2.31. The average molecular weight is 250 g/mol. The maximum atomic E-state index is 5.61. The maximum absolute atomic E-state index is 5.61. The molecule has 0 unspecified atom stereocenters. The summed E-state index contributed by atoms with van der Waals surface area (Å²) in [6.07, 6.45) is 7.32. The summed E-state index contributed by atoms with van der Waals surface area (Å²) in [6, 6.07) is 2.18. The zero-order chi connectivity index (χ0) is 12.8. The molecule has 1 saturated heterocycles. The molecule has 3 heteroatoms. The molecule has 1 aliphatic heterocycles. The molecule has 0 bridgehead atoms. The molecule has 0 aromatic carbocycles. The van der Waals surface area contributed by atoms with Crippen LogP contribution in [-0.2, 0) is 13.1 Å². The van der Waals surface area contributed by atoms with Gasteiger partial charge in [-0.2, -0.15) is 0 Å². The van der Waals surface area contributed by atoms with Crippen molar-refractivity contribution in [3.05, 3.63) is 23.7 Å². The first-order chi connectivity index (χ1) is 8.81. The molecule has 1 N–H and O–H groups in total. The van der Waals surface area contributed by atoms with E-state index in [1.54, 1.807) is 0 Å². The second kappa shape index (κ2) is 6.95. The van der Waals surface area contributed by atoms with Gasteiger partial charge in [-0.15, -0.1) is 0 Å². The van der Waals surface area contributed by atoms with Gasteiger partial charge in [-0.1, -0.05) is 19.8 Å². The third-order valence-electron chi connectivity index (χ3n) is 3.87. The quantitative estimate of drug-likeness (QED) is 0.841. The third-order valence-corrected chi connectivity index (χ3v) is 3.87. The van der Waals surface area contributed by atoms with Crippen LogP contribution in [0.25, 0.3) is 0 Å². The van der Waals surface area contributed by atoms with Crippen LogP contribution < -0.4 is 5.32 Å². The van der Waals surface area contributed by atoms with E-state index in [-0.39, 0.29) is 0 Å². The van der Waals surface area contributed by atoms with Crippen LogP contribution in [0.4, 0.5) is 0 Å². The summed E-state index contributed by atoms with van der Waals surface area (Å²) in [7, 11) is 1.96. The van der Waals surface area contributed by atoms with E-state index in [4.69, 9.17) is 4.42 Å². The van der Waals surface area contributed by atoms with E-state index >= 15 is 0 Å². The Morgan fingerprint density at radius 3 is 2.83 bits per heavy atom. The van der Waals surface area contributed by atoms with Crippen LogP contribution in [0.5, 0.6) is 0 Å². The van der Waals surface area contributed by atoms with Crippen molar-refractivity contribution >= 4 is 0 Å². The molecule has 1 aliphatic rings.